The molecule has 0 bridgehead atoms. The van der Waals surface area contributed by atoms with Gasteiger partial charge in [0.1, 0.15) is 5.82 Å². The van der Waals surface area contributed by atoms with E-state index in [0.717, 1.165) is 5.69 Å². The molecule has 3 heteroatoms. The molecule has 0 unspecified atom stereocenters. The Balaban J connectivity index is 0.000000396. The van der Waals surface area contributed by atoms with Crippen LogP contribution in [0, 0.1) is 0 Å². The molecule has 1 aliphatic carbocycles. The lowest BCUT2D eigenvalue weighted by molar-refractivity contribution is 1.03. The summed E-state index contributed by atoms with van der Waals surface area (Å²) in [6.07, 6.45) is 2.46. The van der Waals surface area contributed by atoms with Gasteiger partial charge in [-0.2, -0.15) is 0 Å². The van der Waals surface area contributed by atoms with Crippen LogP contribution in [0.4, 0.5) is 5.82 Å². The average Bonchev–Trinajstić information content (AvgIpc) is 2.88. The molecule has 0 spiro atoms. The topological polar surface area (TPSA) is 38.9 Å². The number of aromatic nitrogens is 1. The molecule has 1 aliphatic rings. The number of anilines is 1. The Bertz CT molecular complexity index is 262. The summed E-state index contributed by atoms with van der Waals surface area (Å²) in [5.41, 5.74) is 6.58. The second-order valence-corrected chi connectivity index (χ2v) is 3.35. The van der Waals surface area contributed by atoms with Gasteiger partial charge in [0.25, 0.3) is 0 Å². The minimum Gasteiger partial charge on any atom is -0.384 e. The number of halogens is 1. The number of hydrogen-bond donors (Lipinski definition) is 1. The zero-order chi connectivity index (χ0) is 9.84. The third kappa shape index (κ3) is 2.88. The van der Waals surface area contributed by atoms with E-state index in [2.05, 4.69) is 4.98 Å². The molecule has 72 valence electrons. The standard InChI is InChI=1S/C8H9ClN2.C2H6/c9-6-3-7(5-1-2-5)11-8(10)4-6;1-2/h3-5H,1-2H2,(H2,10,11);1-2H3. The second-order valence-electron chi connectivity index (χ2n) is 2.91. The predicted octanol–water partition coefficient (Wildman–Crippen LogP) is 3.22. The van der Waals surface area contributed by atoms with Crippen molar-refractivity contribution in [2.75, 3.05) is 5.73 Å². The number of pyridine rings is 1. The summed E-state index contributed by atoms with van der Waals surface area (Å²) in [4.78, 5) is 4.19. The van der Waals surface area contributed by atoms with E-state index in [1.165, 1.54) is 12.8 Å². The lowest BCUT2D eigenvalue weighted by Gasteiger charge is -1.99. The number of nitrogens with two attached hydrogens (primary N) is 1. The molecule has 1 fully saturated rings. The molecule has 0 atom stereocenters. The van der Waals surface area contributed by atoms with Crippen LogP contribution in [0.25, 0.3) is 0 Å². The second kappa shape index (κ2) is 4.47. The molecular weight excluding hydrogens is 184 g/mol. The highest BCUT2D eigenvalue weighted by Gasteiger charge is 2.25. The number of rotatable bonds is 1. The highest BCUT2D eigenvalue weighted by molar-refractivity contribution is 6.30. The summed E-state index contributed by atoms with van der Waals surface area (Å²) in [5.74, 6) is 1.15. The fourth-order valence-corrected chi connectivity index (χ4v) is 1.35. The summed E-state index contributed by atoms with van der Waals surface area (Å²) in [6.45, 7) is 4.00. The maximum absolute atomic E-state index is 5.80. The first-order valence-electron chi connectivity index (χ1n) is 4.68. The van der Waals surface area contributed by atoms with Gasteiger partial charge in [-0.25, -0.2) is 4.98 Å². The molecule has 0 amide bonds. The largest absolute Gasteiger partial charge is 0.384 e. The monoisotopic (exact) mass is 198 g/mol. The van der Waals surface area contributed by atoms with Crippen molar-refractivity contribution in [2.24, 2.45) is 0 Å². The molecule has 2 nitrogen and oxygen atoms in total. The number of nitrogens with zero attached hydrogens (tertiary/aromatic N) is 1. The minimum atomic E-state index is 0.527. The molecule has 0 radical (unpaired) electrons. The van der Waals surface area contributed by atoms with Gasteiger partial charge in [-0.1, -0.05) is 25.4 Å². The van der Waals surface area contributed by atoms with Crippen molar-refractivity contribution in [2.45, 2.75) is 32.6 Å². The molecule has 2 N–H and O–H groups in total. The highest BCUT2D eigenvalue weighted by Crippen LogP contribution is 2.39. The zero-order valence-corrected chi connectivity index (χ0v) is 8.80. The van der Waals surface area contributed by atoms with Crippen LogP contribution >= 0.6 is 11.6 Å². The van der Waals surface area contributed by atoms with Gasteiger partial charge in [-0.05, 0) is 25.0 Å². The van der Waals surface area contributed by atoms with E-state index < -0.39 is 0 Å². The van der Waals surface area contributed by atoms with Crippen molar-refractivity contribution in [1.29, 1.82) is 0 Å². The van der Waals surface area contributed by atoms with Gasteiger partial charge in [0.05, 0.1) is 0 Å². The van der Waals surface area contributed by atoms with E-state index in [1.807, 2.05) is 19.9 Å². The molecule has 1 aromatic rings. The smallest absolute Gasteiger partial charge is 0.125 e. The van der Waals surface area contributed by atoms with Gasteiger partial charge < -0.3 is 5.73 Å². The van der Waals surface area contributed by atoms with Crippen molar-refractivity contribution in [3.8, 4) is 0 Å². The Morgan fingerprint density at radius 2 is 2.00 bits per heavy atom. The molecule has 0 aromatic carbocycles. The molecule has 2 rings (SSSR count). The Labute approximate surface area is 84.1 Å². The van der Waals surface area contributed by atoms with Crippen LogP contribution < -0.4 is 5.73 Å². The molecule has 1 heterocycles. The van der Waals surface area contributed by atoms with Crippen LogP contribution in [-0.2, 0) is 0 Å². The minimum absolute atomic E-state index is 0.527. The van der Waals surface area contributed by atoms with Crippen LogP contribution in [0.1, 0.15) is 38.3 Å². The SMILES string of the molecule is CC.Nc1cc(Cl)cc(C2CC2)n1. The van der Waals surface area contributed by atoms with E-state index in [1.54, 1.807) is 6.07 Å². The maximum Gasteiger partial charge on any atom is 0.125 e. The van der Waals surface area contributed by atoms with Gasteiger partial charge in [0.15, 0.2) is 0 Å². The van der Waals surface area contributed by atoms with Crippen LogP contribution in [0.15, 0.2) is 12.1 Å². The third-order valence-corrected chi connectivity index (χ3v) is 2.04. The summed E-state index contributed by atoms with van der Waals surface area (Å²) < 4.78 is 0. The van der Waals surface area contributed by atoms with Gasteiger partial charge in [-0.15, -0.1) is 0 Å². The van der Waals surface area contributed by atoms with Crippen LogP contribution in [0.5, 0.6) is 0 Å². The Kier molecular flexibility index (Phi) is 3.55. The summed E-state index contributed by atoms with van der Waals surface area (Å²) in [6, 6.07) is 3.57. The summed E-state index contributed by atoms with van der Waals surface area (Å²) >= 11 is 5.80. The highest BCUT2D eigenvalue weighted by atomic mass is 35.5. The van der Waals surface area contributed by atoms with Crippen LogP contribution in [-0.4, -0.2) is 4.98 Å². The number of nitrogen functional groups attached to an aromatic ring is 1. The average molecular weight is 199 g/mol. The van der Waals surface area contributed by atoms with E-state index in [0.29, 0.717) is 16.8 Å². The fraction of sp³-hybridized carbons (Fsp3) is 0.500. The first kappa shape index (κ1) is 10.3. The van der Waals surface area contributed by atoms with Crippen LogP contribution in [0.3, 0.4) is 0 Å². The Hall–Kier alpha value is -0.760. The van der Waals surface area contributed by atoms with Gasteiger partial charge >= 0.3 is 0 Å². The number of hydrogen-bond acceptors (Lipinski definition) is 2. The van der Waals surface area contributed by atoms with Crippen LogP contribution in [0.2, 0.25) is 5.02 Å². The normalized spacial score (nSPS) is 14.7. The fourth-order valence-electron chi connectivity index (χ4n) is 1.13. The van der Waals surface area contributed by atoms with Crippen molar-refractivity contribution in [1.82, 2.24) is 4.98 Å². The summed E-state index contributed by atoms with van der Waals surface area (Å²) in [7, 11) is 0. The molecule has 1 saturated carbocycles. The molecule has 0 aliphatic heterocycles. The molecule has 1 aromatic heterocycles. The first-order chi connectivity index (χ1) is 6.25. The van der Waals surface area contributed by atoms with Gasteiger partial charge in [0, 0.05) is 16.6 Å². The Morgan fingerprint density at radius 3 is 2.46 bits per heavy atom. The lowest BCUT2D eigenvalue weighted by atomic mass is 10.2. The van der Waals surface area contributed by atoms with Gasteiger partial charge in [0.2, 0.25) is 0 Å². The van der Waals surface area contributed by atoms with E-state index >= 15 is 0 Å². The predicted molar refractivity (Wildman–Crippen MR) is 57.0 cm³/mol. The van der Waals surface area contributed by atoms with Crippen molar-refractivity contribution >= 4 is 17.4 Å². The van der Waals surface area contributed by atoms with Gasteiger partial charge in [-0.3, -0.25) is 0 Å². The zero-order valence-electron chi connectivity index (χ0n) is 8.05. The molecular formula is C10H15ClN2. The maximum atomic E-state index is 5.80. The van der Waals surface area contributed by atoms with Crippen molar-refractivity contribution in [3.63, 3.8) is 0 Å². The first-order valence-corrected chi connectivity index (χ1v) is 5.06. The summed E-state index contributed by atoms with van der Waals surface area (Å²) in [5, 5.41) is 0.694. The molecule has 13 heavy (non-hydrogen) atoms. The van der Waals surface area contributed by atoms with Crippen molar-refractivity contribution in [3.05, 3.63) is 22.8 Å². The lowest BCUT2D eigenvalue weighted by Crippen LogP contribution is -1.93. The quantitative estimate of drug-likeness (QED) is 0.753. The van der Waals surface area contributed by atoms with E-state index in [-0.39, 0.29) is 0 Å². The van der Waals surface area contributed by atoms with Crippen molar-refractivity contribution < 1.29 is 0 Å². The van der Waals surface area contributed by atoms with E-state index in [9.17, 15) is 0 Å². The third-order valence-electron chi connectivity index (χ3n) is 1.83. The molecule has 0 saturated heterocycles. The Morgan fingerprint density at radius 1 is 1.38 bits per heavy atom. The van der Waals surface area contributed by atoms with E-state index in [4.69, 9.17) is 17.3 Å².